The lowest BCUT2D eigenvalue weighted by atomic mass is 9.81. The van der Waals surface area contributed by atoms with E-state index in [1.165, 1.54) is 43.1 Å². The number of hydrogen-bond donors (Lipinski definition) is 1. The Kier molecular flexibility index (Phi) is 6.14. The number of esters is 1. The van der Waals surface area contributed by atoms with E-state index in [-0.39, 0.29) is 35.7 Å². The molecule has 0 unspecified atom stereocenters. The number of benzene rings is 1. The smallest absolute Gasteiger partial charge is 0.491 e. The first-order chi connectivity index (χ1) is 16.6. The molecule has 0 radical (unpaired) electrons. The van der Waals surface area contributed by atoms with Crippen LogP contribution in [0, 0.1) is 5.82 Å². The van der Waals surface area contributed by atoms with Gasteiger partial charge in [-0.25, -0.2) is 9.18 Å². The Morgan fingerprint density at radius 2 is 1.91 bits per heavy atom. The summed E-state index contributed by atoms with van der Waals surface area (Å²) in [6.45, 7) is 0.0991. The molecule has 1 aliphatic heterocycles. The molecular weight excluding hydrogens is 474 g/mol. The summed E-state index contributed by atoms with van der Waals surface area (Å²) in [5.74, 6) is -3.26. The van der Waals surface area contributed by atoms with Crippen molar-refractivity contribution in [2.24, 2.45) is 7.05 Å². The normalized spacial score (nSPS) is 17.2. The van der Waals surface area contributed by atoms with Gasteiger partial charge in [0.15, 0.2) is 11.6 Å². The van der Waals surface area contributed by atoms with Crippen molar-refractivity contribution in [3.8, 4) is 11.5 Å². The summed E-state index contributed by atoms with van der Waals surface area (Å²) in [6.07, 6.45) is -3.54. The second kappa shape index (κ2) is 8.93. The lowest BCUT2D eigenvalue weighted by molar-refractivity contribution is -0.275. The Hall–Kier alpha value is -4.09. The number of carbonyl (C=O) groups is 2. The van der Waals surface area contributed by atoms with E-state index in [1.807, 2.05) is 0 Å². The van der Waals surface area contributed by atoms with Gasteiger partial charge in [-0.2, -0.15) is 0 Å². The molecule has 184 valence electrons. The fourth-order valence-corrected chi connectivity index (χ4v) is 4.02. The van der Waals surface area contributed by atoms with Crippen LogP contribution in [-0.4, -0.2) is 41.5 Å². The zero-order valence-electron chi connectivity index (χ0n) is 18.5. The molecule has 0 bridgehead atoms. The molecule has 8 nitrogen and oxygen atoms in total. The second-order valence-electron chi connectivity index (χ2n) is 7.66. The van der Waals surface area contributed by atoms with E-state index in [1.54, 1.807) is 12.1 Å². The van der Waals surface area contributed by atoms with Crippen molar-refractivity contribution >= 4 is 11.9 Å². The van der Waals surface area contributed by atoms with Crippen LogP contribution in [0.4, 0.5) is 17.6 Å². The van der Waals surface area contributed by atoms with Gasteiger partial charge in [-0.15, -0.1) is 13.2 Å². The minimum atomic E-state index is -5.08. The molecule has 0 spiro atoms. The first-order valence-electron chi connectivity index (χ1n) is 10.3. The van der Waals surface area contributed by atoms with Crippen molar-refractivity contribution in [3.05, 3.63) is 77.1 Å². The number of fused-ring (bicyclic) bond motifs is 1. The molecule has 1 aromatic carbocycles. The topological polar surface area (TPSA) is 91.7 Å². The van der Waals surface area contributed by atoms with E-state index in [2.05, 4.69) is 15.0 Å². The van der Waals surface area contributed by atoms with Crippen molar-refractivity contribution in [3.63, 3.8) is 0 Å². The molecule has 12 heteroatoms. The lowest BCUT2D eigenvalue weighted by Gasteiger charge is -2.39. The van der Waals surface area contributed by atoms with Crippen LogP contribution in [0.25, 0.3) is 0 Å². The van der Waals surface area contributed by atoms with Gasteiger partial charge in [-0.05, 0) is 42.0 Å². The maximum atomic E-state index is 14.7. The average molecular weight is 493 g/mol. The summed E-state index contributed by atoms with van der Waals surface area (Å²) in [5.41, 5.74) is -0.878. The number of pyridine rings is 1. The van der Waals surface area contributed by atoms with Gasteiger partial charge in [0.2, 0.25) is 0 Å². The third kappa shape index (κ3) is 4.51. The summed E-state index contributed by atoms with van der Waals surface area (Å²) >= 11 is 0. The molecule has 0 saturated carbocycles. The number of alkyl halides is 3. The minimum absolute atomic E-state index is 0.0891. The molecule has 0 fully saturated rings. The Bertz CT molecular complexity index is 1290. The van der Waals surface area contributed by atoms with Crippen molar-refractivity contribution in [2.45, 2.75) is 18.3 Å². The first kappa shape index (κ1) is 24.0. The van der Waals surface area contributed by atoms with Crippen LogP contribution in [0.1, 0.15) is 38.7 Å². The number of carbonyl (C=O) groups excluding carboxylic acids is 2. The number of rotatable bonds is 5. The molecule has 1 aliphatic rings. The predicted octanol–water partition coefficient (Wildman–Crippen LogP) is 3.70. The van der Waals surface area contributed by atoms with Crippen molar-refractivity contribution in [1.82, 2.24) is 14.9 Å². The van der Waals surface area contributed by atoms with Crippen LogP contribution >= 0.6 is 0 Å². The van der Waals surface area contributed by atoms with E-state index < -0.39 is 35.3 Å². The molecule has 1 amide bonds. The van der Waals surface area contributed by atoms with Crippen molar-refractivity contribution in [2.75, 3.05) is 13.7 Å². The van der Waals surface area contributed by atoms with E-state index in [0.29, 0.717) is 5.75 Å². The summed E-state index contributed by atoms with van der Waals surface area (Å²) in [5, 5.41) is 2.84. The van der Waals surface area contributed by atoms with Gasteiger partial charge in [0.25, 0.3) is 5.91 Å². The summed E-state index contributed by atoms with van der Waals surface area (Å²) in [7, 11) is 2.70. The molecule has 3 aromatic rings. The maximum Gasteiger partial charge on any atom is 0.573 e. The SMILES string of the molecule is COC(=O)c1ccc(C(=O)N[C@]2(c3ccc(OC(F)(F)F)c(F)c3)CCOc3cccnc32)n1C. The fraction of sp³-hybridized carbons (Fsp3) is 0.261. The number of nitrogens with zero attached hydrogens (tertiary/aromatic N) is 2. The van der Waals surface area contributed by atoms with Gasteiger partial charge < -0.3 is 24.1 Å². The molecule has 0 saturated heterocycles. The third-order valence-corrected chi connectivity index (χ3v) is 5.64. The van der Waals surface area contributed by atoms with Crippen LogP contribution in [0.2, 0.25) is 0 Å². The third-order valence-electron chi connectivity index (χ3n) is 5.64. The highest BCUT2D eigenvalue weighted by Gasteiger charge is 2.44. The van der Waals surface area contributed by atoms with Crippen molar-refractivity contribution < 1.29 is 41.4 Å². The standard InChI is InChI=1S/C23H19F4N3O5/c1-30-15(6-7-16(30)21(32)33-2)20(31)29-22(9-11-34-18-4-3-10-28-19(18)22)13-5-8-17(14(24)12-13)35-23(25,26)27/h3-8,10,12H,9,11H2,1-2H3,(H,29,31)/t22-/m0/s1. The highest BCUT2D eigenvalue weighted by Crippen LogP contribution is 2.42. The van der Waals surface area contributed by atoms with Crippen LogP contribution in [-0.2, 0) is 17.3 Å². The van der Waals surface area contributed by atoms with Gasteiger partial charge in [0.1, 0.15) is 28.4 Å². The van der Waals surface area contributed by atoms with Gasteiger partial charge in [0.05, 0.1) is 13.7 Å². The molecule has 35 heavy (non-hydrogen) atoms. The first-order valence-corrected chi connectivity index (χ1v) is 10.3. The highest BCUT2D eigenvalue weighted by atomic mass is 19.4. The van der Waals surface area contributed by atoms with E-state index in [0.717, 1.165) is 12.1 Å². The average Bonchev–Trinajstić information content (AvgIpc) is 3.20. The number of hydrogen-bond acceptors (Lipinski definition) is 6. The van der Waals surface area contributed by atoms with Gasteiger partial charge in [-0.1, -0.05) is 6.07 Å². The Labute approximate surface area is 196 Å². The molecule has 1 atom stereocenters. The van der Waals surface area contributed by atoms with Crippen molar-refractivity contribution in [1.29, 1.82) is 0 Å². The van der Waals surface area contributed by atoms with E-state index in [9.17, 15) is 27.2 Å². The highest BCUT2D eigenvalue weighted by molar-refractivity contribution is 5.97. The largest absolute Gasteiger partial charge is 0.573 e. The summed E-state index contributed by atoms with van der Waals surface area (Å²) < 4.78 is 68.0. The number of halogens is 4. The Morgan fingerprint density at radius 3 is 2.60 bits per heavy atom. The summed E-state index contributed by atoms with van der Waals surface area (Å²) in [4.78, 5) is 29.6. The quantitative estimate of drug-likeness (QED) is 0.431. The maximum absolute atomic E-state index is 14.7. The predicted molar refractivity (Wildman–Crippen MR) is 112 cm³/mol. The molecule has 1 N–H and O–H groups in total. The van der Waals surface area contributed by atoms with Crippen LogP contribution in [0.3, 0.4) is 0 Å². The van der Waals surface area contributed by atoms with E-state index in [4.69, 9.17) is 9.47 Å². The second-order valence-corrected chi connectivity index (χ2v) is 7.66. The lowest BCUT2D eigenvalue weighted by Crippen LogP contribution is -2.50. The zero-order chi connectivity index (χ0) is 25.4. The Morgan fingerprint density at radius 1 is 1.17 bits per heavy atom. The van der Waals surface area contributed by atoms with Crippen LogP contribution in [0.15, 0.2) is 48.7 Å². The zero-order valence-corrected chi connectivity index (χ0v) is 18.5. The van der Waals surface area contributed by atoms with E-state index >= 15 is 0 Å². The molecule has 3 heterocycles. The number of amides is 1. The van der Waals surface area contributed by atoms with Gasteiger partial charge >= 0.3 is 12.3 Å². The number of nitrogens with one attached hydrogen (secondary N) is 1. The van der Waals surface area contributed by atoms with Gasteiger partial charge in [-0.3, -0.25) is 9.78 Å². The number of methoxy groups -OCH3 is 1. The molecule has 0 aliphatic carbocycles. The molecule has 4 rings (SSSR count). The summed E-state index contributed by atoms with van der Waals surface area (Å²) in [6, 6.07) is 8.95. The number of aromatic nitrogens is 2. The minimum Gasteiger partial charge on any atom is -0.491 e. The van der Waals surface area contributed by atoms with Crippen LogP contribution in [0.5, 0.6) is 11.5 Å². The van der Waals surface area contributed by atoms with Gasteiger partial charge in [0, 0.05) is 19.7 Å². The molecular formula is C23H19F4N3O5. The van der Waals surface area contributed by atoms with Crippen LogP contribution < -0.4 is 14.8 Å². The number of ether oxygens (including phenoxy) is 3. The monoisotopic (exact) mass is 493 g/mol. The molecule has 2 aromatic heterocycles. The fourth-order valence-electron chi connectivity index (χ4n) is 4.02. The Balaban J connectivity index is 1.80.